The molecule has 124 valence electrons. The molecule has 3 unspecified atom stereocenters. The third kappa shape index (κ3) is 2.19. The smallest absolute Gasteiger partial charge is 0.0772 e. The van der Waals surface area contributed by atoms with E-state index in [4.69, 9.17) is 4.74 Å². The first-order valence-corrected chi connectivity index (χ1v) is 9.25. The number of hydrogen-bond acceptors (Lipinski definition) is 4. The summed E-state index contributed by atoms with van der Waals surface area (Å²) in [5.74, 6) is 0.919. The quantitative estimate of drug-likeness (QED) is 0.871. The van der Waals surface area contributed by atoms with E-state index in [-0.39, 0.29) is 5.54 Å². The highest BCUT2D eigenvalue weighted by atomic mass is 16.5. The van der Waals surface area contributed by atoms with E-state index in [2.05, 4.69) is 39.8 Å². The summed E-state index contributed by atoms with van der Waals surface area (Å²) in [6.07, 6.45) is 4.11. The predicted molar refractivity (Wildman–Crippen MR) is 90.3 cm³/mol. The molecular formula is C19H27N3O. The number of fused-ring (bicyclic) bond motifs is 4. The van der Waals surface area contributed by atoms with E-state index >= 15 is 0 Å². The van der Waals surface area contributed by atoms with E-state index in [1.54, 1.807) is 0 Å². The third-order valence-corrected chi connectivity index (χ3v) is 6.66. The van der Waals surface area contributed by atoms with Crippen molar-refractivity contribution in [3.05, 3.63) is 35.4 Å². The molecule has 5 aliphatic rings. The van der Waals surface area contributed by atoms with Crippen LogP contribution in [0.5, 0.6) is 0 Å². The standard InChI is InChI=1S/C19H27N3O/c1-2-4-16-15(3-1)12-20-18(16)19(13-23-10-7-21-19)17-11-14-5-8-22(17)9-6-14/h1-4,14,17-18,20-21H,5-13H2. The molecule has 0 aliphatic carbocycles. The Balaban J connectivity index is 1.54. The van der Waals surface area contributed by atoms with E-state index < -0.39 is 0 Å². The van der Waals surface area contributed by atoms with Crippen LogP contribution in [0.3, 0.4) is 0 Å². The maximum atomic E-state index is 6.04. The number of hydrogen-bond donors (Lipinski definition) is 2. The van der Waals surface area contributed by atoms with Gasteiger partial charge in [-0.15, -0.1) is 0 Å². The topological polar surface area (TPSA) is 36.5 Å². The number of morpholine rings is 1. The highest BCUT2D eigenvalue weighted by Crippen LogP contribution is 2.44. The van der Waals surface area contributed by atoms with Crippen LogP contribution in [-0.2, 0) is 11.3 Å². The molecule has 0 saturated carbocycles. The first kappa shape index (κ1) is 14.4. The molecule has 2 bridgehead atoms. The second-order valence-electron chi connectivity index (χ2n) is 7.76. The number of rotatable bonds is 2. The van der Waals surface area contributed by atoms with Gasteiger partial charge < -0.3 is 15.4 Å². The van der Waals surface area contributed by atoms with Crippen LogP contribution in [0.25, 0.3) is 0 Å². The predicted octanol–water partition coefficient (Wildman–Crippen LogP) is 1.67. The van der Waals surface area contributed by atoms with Crippen LogP contribution in [-0.4, -0.2) is 49.3 Å². The monoisotopic (exact) mass is 313 g/mol. The van der Waals surface area contributed by atoms with Crippen LogP contribution in [0.15, 0.2) is 24.3 Å². The lowest BCUT2D eigenvalue weighted by molar-refractivity contribution is -0.0772. The number of nitrogens with one attached hydrogen (secondary N) is 2. The van der Waals surface area contributed by atoms with Crippen molar-refractivity contribution in [1.82, 2.24) is 15.5 Å². The molecule has 0 aromatic heterocycles. The van der Waals surface area contributed by atoms with Gasteiger partial charge in [-0.1, -0.05) is 24.3 Å². The van der Waals surface area contributed by atoms with Crippen molar-refractivity contribution < 1.29 is 4.74 Å². The van der Waals surface area contributed by atoms with Gasteiger partial charge in [-0.25, -0.2) is 0 Å². The molecule has 0 amide bonds. The summed E-state index contributed by atoms with van der Waals surface area (Å²) < 4.78 is 6.04. The fourth-order valence-corrected chi connectivity index (χ4v) is 5.50. The SMILES string of the molecule is c1ccc2c(c1)CNC2C1(C2CC3CCN2CC3)COCCN1. The normalized spacial score (nSPS) is 42.6. The first-order valence-electron chi connectivity index (χ1n) is 9.25. The summed E-state index contributed by atoms with van der Waals surface area (Å²) in [6, 6.07) is 9.89. The van der Waals surface area contributed by atoms with Crippen molar-refractivity contribution >= 4 is 0 Å². The molecule has 0 radical (unpaired) electrons. The fourth-order valence-electron chi connectivity index (χ4n) is 5.50. The van der Waals surface area contributed by atoms with Crippen LogP contribution in [0.2, 0.25) is 0 Å². The minimum atomic E-state index is 0.0178. The number of benzene rings is 1. The van der Waals surface area contributed by atoms with Gasteiger partial charge in [0.1, 0.15) is 0 Å². The Morgan fingerprint density at radius 3 is 2.78 bits per heavy atom. The zero-order chi connectivity index (χ0) is 15.3. The minimum absolute atomic E-state index is 0.0178. The molecule has 4 nitrogen and oxygen atoms in total. The van der Waals surface area contributed by atoms with Gasteiger partial charge in [-0.2, -0.15) is 0 Å². The van der Waals surface area contributed by atoms with Gasteiger partial charge >= 0.3 is 0 Å². The Kier molecular flexibility index (Phi) is 3.48. The van der Waals surface area contributed by atoms with E-state index in [1.807, 2.05) is 0 Å². The van der Waals surface area contributed by atoms with Crippen LogP contribution >= 0.6 is 0 Å². The van der Waals surface area contributed by atoms with Gasteiger partial charge in [-0.3, -0.25) is 4.90 Å². The summed E-state index contributed by atoms with van der Waals surface area (Å²) in [4.78, 5) is 2.74. The Labute approximate surface area is 138 Å². The molecule has 4 saturated heterocycles. The van der Waals surface area contributed by atoms with Crippen LogP contribution < -0.4 is 10.6 Å². The number of piperidine rings is 3. The van der Waals surface area contributed by atoms with Crippen molar-refractivity contribution in [3.63, 3.8) is 0 Å². The molecule has 6 rings (SSSR count). The van der Waals surface area contributed by atoms with Gasteiger partial charge in [0, 0.05) is 19.1 Å². The summed E-state index contributed by atoms with van der Waals surface area (Å²) in [6.45, 7) is 6.16. The molecule has 2 N–H and O–H groups in total. The van der Waals surface area contributed by atoms with Crippen molar-refractivity contribution in [2.75, 3.05) is 32.8 Å². The largest absolute Gasteiger partial charge is 0.378 e. The third-order valence-electron chi connectivity index (χ3n) is 6.66. The first-order chi connectivity index (χ1) is 11.4. The number of ether oxygens (including phenoxy) is 1. The molecule has 1 aromatic rings. The van der Waals surface area contributed by atoms with E-state index in [0.717, 1.165) is 32.2 Å². The Hall–Kier alpha value is -0.940. The molecule has 0 spiro atoms. The zero-order valence-corrected chi connectivity index (χ0v) is 13.8. The van der Waals surface area contributed by atoms with Crippen molar-refractivity contribution in [2.24, 2.45) is 5.92 Å². The van der Waals surface area contributed by atoms with Gasteiger partial charge in [0.05, 0.1) is 24.8 Å². The average molecular weight is 313 g/mol. The maximum absolute atomic E-state index is 6.04. The molecule has 3 atom stereocenters. The van der Waals surface area contributed by atoms with Crippen molar-refractivity contribution in [3.8, 4) is 0 Å². The lowest BCUT2D eigenvalue weighted by Crippen LogP contribution is -2.72. The van der Waals surface area contributed by atoms with E-state index in [1.165, 1.54) is 43.5 Å². The molecule has 4 fully saturated rings. The van der Waals surface area contributed by atoms with Crippen LogP contribution in [0.1, 0.15) is 36.4 Å². The Morgan fingerprint density at radius 2 is 2.04 bits per heavy atom. The minimum Gasteiger partial charge on any atom is -0.378 e. The molecule has 1 aromatic carbocycles. The molecular weight excluding hydrogens is 286 g/mol. The van der Waals surface area contributed by atoms with Crippen LogP contribution in [0.4, 0.5) is 0 Å². The lowest BCUT2D eigenvalue weighted by Gasteiger charge is -2.57. The summed E-state index contributed by atoms with van der Waals surface area (Å²) in [5.41, 5.74) is 2.96. The summed E-state index contributed by atoms with van der Waals surface area (Å²) >= 11 is 0. The molecule has 5 heterocycles. The van der Waals surface area contributed by atoms with Crippen molar-refractivity contribution in [1.29, 1.82) is 0 Å². The van der Waals surface area contributed by atoms with Gasteiger partial charge in [0.15, 0.2) is 0 Å². The molecule has 23 heavy (non-hydrogen) atoms. The zero-order valence-electron chi connectivity index (χ0n) is 13.8. The maximum Gasteiger partial charge on any atom is 0.0772 e. The molecule has 5 aliphatic heterocycles. The van der Waals surface area contributed by atoms with E-state index in [0.29, 0.717) is 12.1 Å². The van der Waals surface area contributed by atoms with Gasteiger partial charge in [0.25, 0.3) is 0 Å². The van der Waals surface area contributed by atoms with Gasteiger partial charge in [0.2, 0.25) is 0 Å². The van der Waals surface area contributed by atoms with E-state index in [9.17, 15) is 0 Å². The Bertz CT molecular complexity index is 576. The summed E-state index contributed by atoms with van der Waals surface area (Å²) in [5, 5.41) is 7.76. The van der Waals surface area contributed by atoms with Crippen molar-refractivity contribution in [2.45, 2.75) is 43.4 Å². The average Bonchev–Trinajstić information content (AvgIpc) is 3.08. The van der Waals surface area contributed by atoms with Gasteiger partial charge in [-0.05, 0) is 49.4 Å². The lowest BCUT2D eigenvalue weighted by atomic mass is 9.70. The number of nitrogens with zero attached hydrogens (tertiary/aromatic N) is 1. The highest BCUT2D eigenvalue weighted by Gasteiger charge is 2.53. The second-order valence-corrected chi connectivity index (χ2v) is 7.76. The summed E-state index contributed by atoms with van der Waals surface area (Å²) in [7, 11) is 0. The van der Waals surface area contributed by atoms with Crippen LogP contribution in [0, 0.1) is 5.92 Å². The fraction of sp³-hybridized carbons (Fsp3) is 0.684. The molecule has 4 heteroatoms. The Morgan fingerprint density at radius 1 is 1.17 bits per heavy atom. The highest BCUT2D eigenvalue weighted by molar-refractivity contribution is 5.38. The second kappa shape index (κ2) is 5.55.